The van der Waals surface area contributed by atoms with E-state index in [1.165, 1.54) is 67.6 Å². The molecule has 0 bridgehead atoms. The molecule has 0 fully saturated rings. The summed E-state index contributed by atoms with van der Waals surface area (Å²) >= 11 is 3.70. The van der Waals surface area contributed by atoms with E-state index in [9.17, 15) is 0 Å². The van der Waals surface area contributed by atoms with Crippen LogP contribution in [0.25, 0.3) is 84.2 Å². The molecular weight excluding hydrogens is 647 g/mol. The van der Waals surface area contributed by atoms with Gasteiger partial charge >= 0.3 is 0 Å². The zero-order valence-electron chi connectivity index (χ0n) is 26.8. The van der Waals surface area contributed by atoms with Crippen molar-refractivity contribution >= 4 is 113 Å². The third-order valence-electron chi connectivity index (χ3n) is 10.1. The number of furan rings is 1. The minimum atomic E-state index is 0.923. The second-order valence-corrected chi connectivity index (χ2v) is 15.0. The first-order valence-electron chi connectivity index (χ1n) is 16.8. The number of para-hydroxylation sites is 1. The maximum Gasteiger partial charge on any atom is 0.144 e. The van der Waals surface area contributed by atoms with Crippen molar-refractivity contribution in [1.29, 1.82) is 0 Å². The SMILES string of the molecule is c1ccc(N(c2ccc(-c3cccc4c3sc3ccccc34)cc2)c2cccc3sc4ccc5c(oc6ccc7ccccc7c65)c4c23)cc1. The molecule has 0 amide bonds. The molecule has 50 heavy (non-hydrogen) atoms. The first-order valence-corrected chi connectivity index (χ1v) is 18.5. The van der Waals surface area contributed by atoms with Crippen molar-refractivity contribution in [3.63, 3.8) is 0 Å². The molecule has 0 unspecified atom stereocenters. The minimum Gasteiger partial charge on any atom is -0.455 e. The quantitative estimate of drug-likeness (QED) is 0.185. The van der Waals surface area contributed by atoms with Crippen LogP contribution >= 0.6 is 22.7 Å². The van der Waals surface area contributed by atoms with Crippen LogP contribution in [-0.4, -0.2) is 0 Å². The van der Waals surface area contributed by atoms with Crippen molar-refractivity contribution in [2.24, 2.45) is 0 Å². The number of rotatable bonds is 4. The third-order valence-corrected chi connectivity index (χ3v) is 12.4. The van der Waals surface area contributed by atoms with Gasteiger partial charge in [0, 0.05) is 62.5 Å². The van der Waals surface area contributed by atoms with Crippen molar-refractivity contribution in [3.05, 3.63) is 164 Å². The molecule has 3 aromatic heterocycles. The van der Waals surface area contributed by atoms with Crippen LogP contribution in [0.1, 0.15) is 0 Å². The van der Waals surface area contributed by atoms with Gasteiger partial charge in [0.15, 0.2) is 0 Å². The van der Waals surface area contributed by atoms with Gasteiger partial charge in [0.25, 0.3) is 0 Å². The van der Waals surface area contributed by atoms with Crippen molar-refractivity contribution in [2.75, 3.05) is 4.90 Å². The Bertz CT molecular complexity index is 3090. The predicted molar refractivity (Wildman–Crippen MR) is 217 cm³/mol. The summed E-state index contributed by atoms with van der Waals surface area (Å²) in [5, 5.41) is 9.81. The molecule has 0 N–H and O–H groups in total. The molecule has 8 aromatic carbocycles. The van der Waals surface area contributed by atoms with Crippen LogP contribution in [-0.2, 0) is 0 Å². The smallest absolute Gasteiger partial charge is 0.144 e. The zero-order valence-corrected chi connectivity index (χ0v) is 28.4. The summed E-state index contributed by atoms with van der Waals surface area (Å²) in [4.78, 5) is 2.40. The van der Waals surface area contributed by atoms with Crippen LogP contribution in [0.3, 0.4) is 0 Å². The van der Waals surface area contributed by atoms with Crippen LogP contribution < -0.4 is 4.90 Å². The molecule has 234 valence electrons. The van der Waals surface area contributed by atoms with Crippen molar-refractivity contribution in [2.45, 2.75) is 0 Å². The Hall–Kier alpha value is -5.94. The summed E-state index contributed by atoms with van der Waals surface area (Å²) < 4.78 is 11.9. The van der Waals surface area contributed by atoms with Crippen LogP contribution in [0.15, 0.2) is 168 Å². The summed E-state index contributed by atoms with van der Waals surface area (Å²) in [6, 6.07) is 59.3. The molecule has 11 aromatic rings. The Morgan fingerprint density at radius 2 is 1.14 bits per heavy atom. The van der Waals surface area contributed by atoms with Gasteiger partial charge in [-0.3, -0.25) is 0 Å². The molecule has 0 radical (unpaired) electrons. The summed E-state index contributed by atoms with van der Waals surface area (Å²) in [7, 11) is 0. The van der Waals surface area contributed by atoms with E-state index in [1.807, 2.05) is 22.7 Å². The molecule has 0 spiro atoms. The van der Waals surface area contributed by atoms with Crippen LogP contribution in [0, 0.1) is 0 Å². The Balaban J connectivity index is 1.13. The van der Waals surface area contributed by atoms with Gasteiger partial charge in [-0.25, -0.2) is 0 Å². The van der Waals surface area contributed by atoms with Crippen molar-refractivity contribution in [1.82, 2.24) is 0 Å². The lowest BCUT2D eigenvalue weighted by atomic mass is 10.0. The molecule has 0 aliphatic heterocycles. The van der Waals surface area contributed by atoms with E-state index in [4.69, 9.17) is 4.42 Å². The number of thiophene rings is 2. The number of anilines is 3. The van der Waals surface area contributed by atoms with Crippen LogP contribution in [0.5, 0.6) is 0 Å². The van der Waals surface area contributed by atoms with E-state index < -0.39 is 0 Å². The largest absolute Gasteiger partial charge is 0.455 e. The highest BCUT2D eigenvalue weighted by Gasteiger charge is 2.22. The van der Waals surface area contributed by atoms with Gasteiger partial charge in [-0.1, -0.05) is 103 Å². The monoisotopic (exact) mass is 673 g/mol. The van der Waals surface area contributed by atoms with Gasteiger partial charge in [0.2, 0.25) is 0 Å². The molecule has 0 aliphatic rings. The van der Waals surface area contributed by atoms with Crippen LogP contribution in [0.2, 0.25) is 0 Å². The lowest BCUT2D eigenvalue weighted by Gasteiger charge is -2.26. The Kier molecular flexibility index (Phi) is 6.03. The average molecular weight is 674 g/mol. The molecule has 0 saturated heterocycles. The van der Waals surface area contributed by atoms with E-state index in [2.05, 4.69) is 169 Å². The van der Waals surface area contributed by atoms with Gasteiger partial charge in [0.05, 0.1) is 5.69 Å². The summed E-state index contributed by atoms with van der Waals surface area (Å²) in [6.45, 7) is 0. The lowest BCUT2D eigenvalue weighted by molar-refractivity contribution is 0.673. The third kappa shape index (κ3) is 4.07. The highest BCUT2D eigenvalue weighted by Crippen LogP contribution is 2.49. The number of fused-ring (bicyclic) bond motifs is 12. The van der Waals surface area contributed by atoms with E-state index >= 15 is 0 Å². The molecule has 0 atom stereocenters. The minimum absolute atomic E-state index is 0.923. The van der Waals surface area contributed by atoms with Gasteiger partial charge in [-0.15, -0.1) is 22.7 Å². The number of benzene rings is 8. The van der Waals surface area contributed by atoms with Gasteiger partial charge in [-0.2, -0.15) is 0 Å². The van der Waals surface area contributed by atoms with Crippen LogP contribution in [0.4, 0.5) is 17.1 Å². The molecule has 3 heterocycles. The van der Waals surface area contributed by atoms with E-state index in [-0.39, 0.29) is 0 Å². The molecule has 2 nitrogen and oxygen atoms in total. The molecule has 11 rings (SSSR count). The van der Waals surface area contributed by atoms with E-state index in [0.717, 1.165) is 33.6 Å². The normalized spacial score (nSPS) is 12.0. The number of hydrogen-bond acceptors (Lipinski definition) is 4. The van der Waals surface area contributed by atoms with Gasteiger partial charge in [0.1, 0.15) is 11.2 Å². The maximum atomic E-state index is 6.80. The maximum absolute atomic E-state index is 6.80. The van der Waals surface area contributed by atoms with Crippen molar-refractivity contribution in [3.8, 4) is 11.1 Å². The summed E-state index contributed by atoms with van der Waals surface area (Å²) in [5.41, 5.74) is 7.72. The first-order chi connectivity index (χ1) is 24.8. The standard InChI is InChI=1S/C46H27NOS2/c1-2-11-30(12-3-1)47(31-23-20-29(21-24-31)33-15-8-16-35-34-14-6-7-18-39(34)50-46(33)35)37-17-9-19-40-43(37)44-41(49-40)27-25-36-42-32-13-5-4-10-28(32)22-26-38(42)48-45(36)44/h1-27H. The number of hydrogen-bond donors (Lipinski definition) is 0. The average Bonchev–Trinajstić information content (AvgIpc) is 3.87. The predicted octanol–water partition coefficient (Wildman–Crippen LogP) is 14.6. The van der Waals surface area contributed by atoms with Gasteiger partial charge < -0.3 is 9.32 Å². The van der Waals surface area contributed by atoms with Gasteiger partial charge in [-0.05, 0) is 82.6 Å². The topological polar surface area (TPSA) is 16.4 Å². The molecule has 4 heteroatoms. The highest BCUT2D eigenvalue weighted by molar-refractivity contribution is 7.26. The fraction of sp³-hybridized carbons (Fsp3) is 0. The fourth-order valence-corrected chi connectivity index (χ4v) is 10.2. The second kappa shape index (κ2) is 10.8. The molecular formula is C46H27NOS2. The Morgan fingerprint density at radius 3 is 2.04 bits per heavy atom. The molecule has 0 saturated carbocycles. The fourth-order valence-electron chi connectivity index (χ4n) is 7.84. The number of nitrogens with zero attached hydrogens (tertiary/aromatic N) is 1. The second-order valence-electron chi connectivity index (χ2n) is 12.8. The van der Waals surface area contributed by atoms with E-state index in [1.54, 1.807) is 0 Å². The highest BCUT2D eigenvalue weighted by atomic mass is 32.1. The lowest BCUT2D eigenvalue weighted by Crippen LogP contribution is -2.10. The van der Waals surface area contributed by atoms with E-state index in [0.29, 0.717) is 0 Å². The summed E-state index contributed by atoms with van der Waals surface area (Å²) in [5.74, 6) is 0. The van der Waals surface area contributed by atoms with Crippen molar-refractivity contribution < 1.29 is 4.42 Å². The Morgan fingerprint density at radius 1 is 0.420 bits per heavy atom. The Labute approximate surface area is 295 Å². The summed E-state index contributed by atoms with van der Waals surface area (Å²) in [6.07, 6.45) is 0. The molecule has 0 aliphatic carbocycles. The first kappa shape index (κ1) is 28.0. The zero-order chi connectivity index (χ0) is 32.8.